The van der Waals surface area contributed by atoms with Gasteiger partial charge in [-0.15, -0.1) is 5.10 Å². The van der Waals surface area contributed by atoms with Gasteiger partial charge in [0.25, 0.3) is 5.89 Å². The van der Waals surface area contributed by atoms with Gasteiger partial charge in [0, 0.05) is 15.6 Å². The van der Waals surface area contributed by atoms with Crippen LogP contribution < -0.4 is 15.8 Å². The van der Waals surface area contributed by atoms with E-state index < -0.39 is 11.6 Å². The number of anilines is 3. The topological polar surface area (TPSA) is 86.2 Å². The normalized spacial score (nSPS) is 12.8. The molecule has 0 bridgehead atoms. The van der Waals surface area contributed by atoms with E-state index in [0.717, 1.165) is 3.57 Å². The maximum atomic E-state index is 15.0. The van der Waals surface area contributed by atoms with Crippen LogP contribution in [0.15, 0.2) is 28.7 Å². The average Bonchev–Trinajstić information content (AvgIpc) is 3.20. The van der Waals surface area contributed by atoms with E-state index in [4.69, 9.17) is 14.9 Å². The number of halogens is 3. The van der Waals surface area contributed by atoms with Gasteiger partial charge in [-0.05, 0) is 46.9 Å². The SMILES string of the molecule is Nc1nnc(-c2cc3c(c(F)c2Nc2ccc(I)cc2F)OCC3)o1. The van der Waals surface area contributed by atoms with Gasteiger partial charge in [0.1, 0.15) is 5.82 Å². The van der Waals surface area contributed by atoms with Crippen LogP contribution in [0.1, 0.15) is 5.56 Å². The van der Waals surface area contributed by atoms with Crippen molar-refractivity contribution in [3.05, 3.63) is 45.0 Å². The third-order valence-corrected chi connectivity index (χ3v) is 4.45. The Morgan fingerprint density at radius 1 is 1.20 bits per heavy atom. The lowest BCUT2D eigenvalue weighted by atomic mass is 10.0. The van der Waals surface area contributed by atoms with Gasteiger partial charge in [-0.3, -0.25) is 0 Å². The second kappa shape index (κ2) is 6.14. The van der Waals surface area contributed by atoms with Crippen LogP contribution in [0.5, 0.6) is 5.75 Å². The first kappa shape index (κ1) is 16.1. The molecule has 0 spiro atoms. The van der Waals surface area contributed by atoms with Crippen LogP contribution in [0.25, 0.3) is 11.5 Å². The summed E-state index contributed by atoms with van der Waals surface area (Å²) in [6.07, 6.45) is 0.557. The monoisotopic (exact) mass is 456 g/mol. The minimum absolute atomic E-state index is 0.00981. The molecule has 128 valence electrons. The molecule has 0 radical (unpaired) electrons. The third-order valence-electron chi connectivity index (χ3n) is 3.78. The van der Waals surface area contributed by atoms with Crippen LogP contribution in [-0.4, -0.2) is 16.8 Å². The fourth-order valence-corrected chi connectivity index (χ4v) is 3.10. The summed E-state index contributed by atoms with van der Waals surface area (Å²) in [5, 5.41) is 10.2. The molecule has 25 heavy (non-hydrogen) atoms. The number of nitrogens with one attached hydrogen (secondary N) is 1. The Bertz CT molecular complexity index is 977. The Kier molecular flexibility index (Phi) is 3.94. The number of benzene rings is 2. The van der Waals surface area contributed by atoms with Gasteiger partial charge >= 0.3 is 6.01 Å². The van der Waals surface area contributed by atoms with Crippen LogP contribution in [0.4, 0.5) is 26.2 Å². The second-order valence-corrected chi connectivity index (χ2v) is 6.64. The maximum absolute atomic E-state index is 15.0. The molecule has 3 N–H and O–H groups in total. The largest absolute Gasteiger partial charge is 0.490 e. The number of nitrogens with zero attached hydrogens (tertiary/aromatic N) is 2. The van der Waals surface area contributed by atoms with Crippen LogP contribution in [0.2, 0.25) is 0 Å². The lowest BCUT2D eigenvalue weighted by Gasteiger charge is -2.14. The molecule has 4 rings (SSSR count). The lowest BCUT2D eigenvalue weighted by molar-refractivity contribution is 0.340. The van der Waals surface area contributed by atoms with Crippen molar-refractivity contribution in [3.63, 3.8) is 0 Å². The van der Waals surface area contributed by atoms with E-state index in [1.807, 2.05) is 22.6 Å². The van der Waals surface area contributed by atoms with E-state index >= 15 is 0 Å². The summed E-state index contributed by atoms with van der Waals surface area (Å²) in [6.45, 7) is 0.374. The van der Waals surface area contributed by atoms with Crippen molar-refractivity contribution < 1.29 is 17.9 Å². The zero-order chi connectivity index (χ0) is 17.6. The highest BCUT2D eigenvalue weighted by Crippen LogP contribution is 2.41. The van der Waals surface area contributed by atoms with Crippen LogP contribution in [0.3, 0.4) is 0 Å². The minimum atomic E-state index is -0.639. The molecule has 2 heterocycles. The van der Waals surface area contributed by atoms with Crippen molar-refractivity contribution in [1.29, 1.82) is 0 Å². The summed E-state index contributed by atoms with van der Waals surface area (Å²) in [7, 11) is 0. The minimum Gasteiger partial charge on any atom is -0.490 e. The van der Waals surface area contributed by atoms with Gasteiger partial charge in [-0.25, -0.2) is 8.78 Å². The maximum Gasteiger partial charge on any atom is 0.313 e. The van der Waals surface area contributed by atoms with Gasteiger partial charge < -0.3 is 20.2 Å². The number of fused-ring (bicyclic) bond motifs is 1. The van der Waals surface area contributed by atoms with Crippen molar-refractivity contribution >= 4 is 40.0 Å². The van der Waals surface area contributed by atoms with E-state index in [9.17, 15) is 8.78 Å². The molecule has 0 fully saturated rings. The van der Waals surface area contributed by atoms with Crippen LogP contribution in [-0.2, 0) is 6.42 Å². The molecule has 9 heteroatoms. The van der Waals surface area contributed by atoms with Crippen molar-refractivity contribution in [3.8, 4) is 17.2 Å². The number of nitrogen functional groups attached to an aromatic ring is 1. The number of ether oxygens (including phenoxy) is 1. The molecule has 1 aromatic heterocycles. The molecule has 2 aromatic carbocycles. The molecule has 0 saturated carbocycles. The fourth-order valence-electron chi connectivity index (χ4n) is 2.65. The molecule has 0 unspecified atom stereocenters. The number of rotatable bonds is 3. The number of nitrogens with two attached hydrogens (primary N) is 1. The molecule has 1 aliphatic rings. The molecule has 6 nitrogen and oxygen atoms in total. The highest BCUT2D eigenvalue weighted by molar-refractivity contribution is 14.1. The lowest BCUT2D eigenvalue weighted by Crippen LogP contribution is -2.02. The van der Waals surface area contributed by atoms with Gasteiger partial charge in [-0.1, -0.05) is 5.10 Å². The molecule has 3 aromatic rings. The van der Waals surface area contributed by atoms with Gasteiger partial charge in [0.2, 0.25) is 0 Å². The van der Waals surface area contributed by atoms with Gasteiger partial charge in [0.05, 0.1) is 23.5 Å². The molecule has 0 saturated heterocycles. The quantitative estimate of drug-likeness (QED) is 0.582. The van der Waals surface area contributed by atoms with Crippen molar-refractivity contribution in [2.45, 2.75) is 6.42 Å². The summed E-state index contributed by atoms with van der Waals surface area (Å²) < 4.78 is 40.5. The van der Waals surface area contributed by atoms with Gasteiger partial charge in [0.15, 0.2) is 11.6 Å². The summed E-state index contributed by atoms with van der Waals surface area (Å²) in [5.74, 6) is -0.965. The molecule has 0 atom stereocenters. The van der Waals surface area contributed by atoms with Crippen LogP contribution >= 0.6 is 22.6 Å². The number of hydrogen-bond acceptors (Lipinski definition) is 6. The van der Waals surface area contributed by atoms with E-state index in [-0.39, 0.29) is 29.0 Å². The summed E-state index contributed by atoms with van der Waals surface area (Å²) >= 11 is 1.99. The highest BCUT2D eigenvalue weighted by Gasteiger charge is 2.26. The molecule has 0 aliphatic carbocycles. The predicted octanol–water partition coefficient (Wildman–Crippen LogP) is 3.88. The van der Waals surface area contributed by atoms with Gasteiger partial charge in [-0.2, -0.15) is 0 Å². The first-order valence-corrected chi connectivity index (χ1v) is 8.40. The first-order chi connectivity index (χ1) is 12.0. The van der Waals surface area contributed by atoms with E-state index in [0.29, 0.717) is 24.2 Å². The Morgan fingerprint density at radius 2 is 2.04 bits per heavy atom. The smallest absolute Gasteiger partial charge is 0.313 e. The summed E-state index contributed by atoms with van der Waals surface area (Å²) in [4.78, 5) is 0. The van der Waals surface area contributed by atoms with Crippen molar-refractivity contribution in [2.75, 3.05) is 17.7 Å². The molecular formula is C16H11F2IN4O2. The zero-order valence-electron chi connectivity index (χ0n) is 12.6. The van der Waals surface area contributed by atoms with Crippen LogP contribution in [0, 0.1) is 15.2 Å². The van der Waals surface area contributed by atoms with E-state index in [2.05, 4.69) is 15.5 Å². The average molecular weight is 456 g/mol. The number of hydrogen-bond donors (Lipinski definition) is 2. The third kappa shape index (κ3) is 2.88. The number of aromatic nitrogens is 2. The second-order valence-electron chi connectivity index (χ2n) is 5.39. The van der Waals surface area contributed by atoms with Crippen molar-refractivity contribution in [1.82, 2.24) is 10.2 Å². The fraction of sp³-hybridized carbons (Fsp3) is 0.125. The molecular weight excluding hydrogens is 445 g/mol. The Labute approximate surface area is 154 Å². The zero-order valence-corrected chi connectivity index (χ0v) is 14.8. The Morgan fingerprint density at radius 3 is 2.76 bits per heavy atom. The van der Waals surface area contributed by atoms with E-state index in [1.165, 1.54) is 12.1 Å². The first-order valence-electron chi connectivity index (χ1n) is 7.32. The summed E-state index contributed by atoms with van der Waals surface area (Å²) in [6, 6.07) is 6.12. The summed E-state index contributed by atoms with van der Waals surface area (Å²) in [5.41, 5.74) is 6.55. The van der Waals surface area contributed by atoms with Crippen molar-refractivity contribution in [2.24, 2.45) is 0 Å². The van der Waals surface area contributed by atoms with E-state index in [1.54, 1.807) is 12.1 Å². The standard InChI is InChI=1S/C16H11F2IN4O2/c17-10-6-8(19)1-2-11(10)21-13-9(15-22-23-16(20)25-15)5-7-3-4-24-14(7)12(13)18/h1-2,5-6,21H,3-4H2,(H2,20,23). The Balaban J connectivity index is 1.87. The predicted molar refractivity (Wildman–Crippen MR) is 95.7 cm³/mol. The highest BCUT2D eigenvalue weighted by atomic mass is 127. The molecule has 1 aliphatic heterocycles. The molecule has 0 amide bonds. The Hall–Kier alpha value is -2.43.